The first kappa shape index (κ1) is 10.0. The summed E-state index contributed by atoms with van der Waals surface area (Å²) >= 11 is 0. The molecule has 12 heavy (non-hydrogen) atoms. The molecule has 0 aliphatic carbocycles. The van der Waals surface area contributed by atoms with Gasteiger partial charge in [0.15, 0.2) is 0 Å². The van der Waals surface area contributed by atoms with Crippen LogP contribution in [0.1, 0.15) is 35.0 Å². The van der Waals surface area contributed by atoms with Gasteiger partial charge >= 0.3 is 0 Å². The van der Waals surface area contributed by atoms with Crippen LogP contribution in [-0.2, 0) is 0 Å². The monoisotopic (exact) mass is 172 g/mol. The Morgan fingerprint density at radius 3 is 2.42 bits per heavy atom. The standard InChI is InChI=1S/C10H22N2.H2/c1-4-11-10-5-7-12(8-6-10)9(2)3;/h9-11H,4-8H2,1-3H3;1H. The zero-order valence-electron chi connectivity index (χ0n) is 8.64. The van der Waals surface area contributed by atoms with Crippen molar-refractivity contribution in [2.24, 2.45) is 0 Å². The number of piperidine rings is 1. The average Bonchev–Trinajstić information content (AvgIpc) is 2.06. The largest absolute Gasteiger partial charge is 0.314 e. The normalized spacial score (nSPS) is 22.0. The molecule has 0 amide bonds. The molecule has 0 radical (unpaired) electrons. The van der Waals surface area contributed by atoms with E-state index in [0.29, 0.717) is 0 Å². The van der Waals surface area contributed by atoms with Crippen molar-refractivity contribution < 1.29 is 1.43 Å². The second-order valence-electron chi connectivity index (χ2n) is 3.96. The highest BCUT2D eigenvalue weighted by atomic mass is 15.2. The topological polar surface area (TPSA) is 15.3 Å². The molecule has 1 fully saturated rings. The Morgan fingerprint density at radius 2 is 2.00 bits per heavy atom. The van der Waals surface area contributed by atoms with E-state index >= 15 is 0 Å². The summed E-state index contributed by atoms with van der Waals surface area (Å²) in [6.45, 7) is 10.4. The van der Waals surface area contributed by atoms with Gasteiger partial charge in [-0.3, -0.25) is 0 Å². The van der Waals surface area contributed by atoms with Gasteiger partial charge < -0.3 is 10.2 Å². The summed E-state index contributed by atoms with van der Waals surface area (Å²) in [4.78, 5) is 2.56. The number of rotatable bonds is 3. The van der Waals surface area contributed by atoms with Crippen molar-refractivity contribution in [2.75, 3.05) is 19.6 Å². The van der Waals surface area contributed by atoms with Crippen molar-refractivity contribution in [1.82, 2.24) is 10.2 Å². The maximum Gasteiger partial charge on any atom is 0.00912 e. The van der Waals surface area contributed by atoms with Crippen LogP contribution in [0, 0.1) is 0 Å². The number of nitrogens with one attached hydrogen (secondary N) is 1. The van der Waals surface area contributed by atoms with Crippen LogP contribution >= 0.6 is 0 Å². The Labute approximate surface area is 77.8 Å². The molecule has 1 heterocycles. The summed E-state index contributed by atoms with van der Waals surface area (Å²) in [5, 5.41) is 3.52. The maximum atomic E-state index is 3.52. The molecule has 2 heteroatoms. The van der Waals surface area contributed by atoms with Crippen LogP contribution in [0.4, 0.5) is 0 Å². The highest BCUT2D eigenvalue weighted by Gasteiger charge is 2.19. The van der Waals surface area contributed by atoms with Gasteiger partial charge in [0.2, 0.25) is 0 Å². The third-order valence-corrected chi connectivity index (χ3v) is 2.75. The van der Waals surface area contributed by atoms with Crippen LogP contribution in [-0.4, -0.2) is 36.6 Å². The molecule has 0 spiro atoms. The number of nitrogens with zero attached hydrogens (tertiary/aromatic N) is 1. The minimum atomic E-state index is 0. The van der Waals surface area contributed by atoms with E-state index in [0.717, 1.165) is 18.6 Å². The molecule has 1 N–H and O–H groups in total. The molecule has 74 valence electrons. The first-order valence-corrected chi connectivity index (χ1v) is 5.21. The fourth-order valence-corrected chi connectivity index (χ4v) is 1.91. The molecule has 0 atom stereocenters. The Kier molecular flexibility index (Phi) is 4.02. The molecule has 0 bridgehead atoms. The van der Waals surface area contributed by atoms with Gasteiger partial charge in [0.05, 0.1) is 0 Å². The summed E-state index contributed by atoms with van der Waals surface area (Å²) in [7, 11) is 0. The molecule has 1 saturated heterocycles. The van der Waals surface area contributed by atoms with Crippen LogP contribution in [0.5, 0.6) is 0 Å². The summed E-state index contributed by atoms with van der Waals surface area (Å²) in [6, 6.07) is 1.51. The summed E-state index contributed by atoms with van der Waals surface area (Å²) in [6.07, 6.45) is 2.65. The Balaban J connectivity index is 0.00000144. The van der Waals surface area contributed by atoms with Crippen molar-refractivity contribution in [3.63, 3.8) is 0 Å². The zero-order chi connectivity index (χ0) is 8.97. The molecular weight excluding hydrogens is 148 g/mol. The number of likely N-dealkylation sites (tertiary alicyclic amines) is 1. The van der Waals surface area contributed by atoms with Gasteiger partial charge in [-0.05, 0) is 46.3 Å². The molecule has 0 saturated carbocycles. The fraction of sp³-hybridized carbons (Fsp3) is 1.00. The summed E-state index contributed by atoms with van der Waals surface area (Å²) in [5.74, 6) is 0. The Bertz CT molecular complexity index is 120. The van der Waals surface area contributed by atoms with Gasteiger partial charge in [0.1, 0.15) is 0 Å². The lowest BCUT2D eigenvalue weighted by Crippen LogP contribution is -2.44. The lowest BCUT2D eigenvalue weighted by Gasteiger charge is -2.34. The molecule has 0 aromatic carbocycles. The predicted octanol–water partition coefficient (Wildman–Crippen LogP) is 1.71. The summed E-state index contributed by atoms with van der Waals surface area (Å²) < 4.78 is 0. The van der Waals surface area contributed by atoms with E-state index in [-0.39, 0.29) is 1.43 Å². The lowest BCUT2D eigenvalue weighted by atomic mass is 10.0. The van der Waals surface area contributed by atoms with E-state index in [2.05, 4.69) is 31.0 Å². The molecule has 0 aromatic heterocycles. The highest BCUT2D eigenvalue weighted by molar-refractivity contribution is 4.78. The van der Waals surface area contributed by atoms with Crippen molar-refractivity contribution in [1.29, 1.82) is 0 Å². The molecular formula is C10H24N2. The number of hydrogen-bond donors (Lipinski definition) is 1. The fourth-order valence-electron chi connectivity index (χ4n) is 1.91. The average molecular weight is 172 g/mol. The first-order valence-electron chi connectivity index (χ1n) is 5.21. The highest BCUT2D eigenvalue weighted by Crippen LogP contribution is 2.12. The van der Waals surface area contributed by atoms with Crippen LogP contribution in [0.2, 0.25) is 0 Å². The van der Waals surface area contributed by atoms with E-state index in [1.165, 1.54) is 25.9 Å². The minimum Gasteiger partial charge on any atom is -0.314 e. The van der Waals surface area contributed by atoms with E-state index in [1.807, 2.05) is 0 Å². The van der Waals surface area contributed by atoms with Gasteiger partial charge in [-0.2, -0.15) is 0 Å². The van der Waals surface area contributed by atoms with Crippen molar-refractivity contribution in [2.45, 2.75) is 45.7 Å². The van der Waals surface area contributed by atoms with Gasteiger partial charge in [0, 0.05) is 13.5 Å². The van der Waals surface area contributed by atoms with Crippen molar-refractivity contribution in [3.05, 3.63) is 0 Å². The van der Waals surface area contributed by atoms with Crippen LogP contribution in [0.25, 0.3) is 0 Å². The molecule has 2 nitrogen and oxygen atoms in total. The lowest BCUT2D eigenvalue weighted by molar-refractivity contribution is 0.162. The molecule has 1 rings (SSSR count). The number of hydrogen-bond acceptors (Lipinski definition) is 2. The SMILES string of the molecule is CCNC1CCN(C(C)C)CC1.[HH]. The van der Waals surface area contributed by atoms with E-state index < -0.39 is 0 Å². The molecule has 1 aliphatic heterocycles. The Hall–Kier alpha value is -0.0800. The van der Waals surface area contributed by atoms with Gasteiger partial charge in [-0.15, -0.1) is 0 Å². The molecule has 0 unspecified atom stereocenters. The van der Waals surface area contributed by atoms with Gasteiger partial charge in [0.25, 0.3) is 0 Å². The van der Waals surface area contributed by atoms with Crippen molar-refractivity contribution in [3.8, 4) is 0 Å². The first-order chi connectivity index (χ1) is 5.74. The molecule has 1 aliphatic rings. The third kappa shape index (κ3) is 2.76. The van der Waals surface area contributed by atoms with E-state index in [1.54, 1.807) is 0 Å². The van der Waals surface area contributed by atoms with E-state index in [4.69, 9.17) is 0 Å². The van der Waals surface area contributed by atoms with E-state index in [9.17, 15) is 0 Å². The second kappa shape index (κ2) is 4.83. The van der Waals surface area contributed by atoms with Crippen molar-refractivity contribution >= 4 is 0 Å². The maximum absolute atomic E-state index is 3.52. The smallest absolute Gasteiger partial charge is 0.00912 e. The predicted molar refractivity (Wildman–Crippen MR) is 55.5 cm³/mol. The van der Waals surface area contributed by atoms with Crippen LogP contribution in [0.3, 0.4) is 0 Å². The Morgan fingerprint density at radius 1 is 1.42 bits per heavy atom. The van der Waals surface area contributed by atoms with Crippen LogP contribution in [0.15, 0.2) is 0 Å². The third-order valence-electron chi connectivity index (χ3n) is 2.75. The quantitative estimate of drug-likeness (QED) is 0.697. The van der Waals surface area contributed by atoms with Gasteiger partial charge in [-0.1, -0.05) is 6.92 Å². The van der Waals surface area contributed by atoms with Crippen LogP contribution < -0.4 is 5.32 Å². The summed E-state index contributed by atoms with van der Waals surface area (Å²) in [5.41, 5.74) is 0. The zero-order valence-corrected chi connectivity index (χ0v) is 8.64. The molecule has 0 aromatic rings. The van der Waals surface area contributed by atoms with Gasteiger partial charge in [-0.25, -0.2) is 0 Å². The minimum absolute atomic E-state index is 0. The second-order valence-corrected chi connectivity index (χ2v) is 3.96.